The van der Waals surface area contributed by atoms with Gasteiger partial charge in [-0.1, -0.05) is 6.92 Å². The van der Waals surface area contributed by atoms with Gasteiger partial charge in [0.15, 0.2) is 6.23 Å². The number of likely N-dealkylation sites (tertiary alicyclic amines) is 1. The number of rotatable bonds is 4. The lowest BCUT2D eigenvalue weighted by atomic mass is 10.0. The number of hydrogen-bond donors (Lipinski definition) is 1. The van der Waals surface area contributed by atoms with Crippen molar-refractivity contribution >= 4 is 5.97 Å². The van der Waals surface area contributed by atoms with Gasteiger partial charge in [0.1, 0.15) is 6.04 Å². The van der Waals surface area contributed by atoms with Gasteiger partial charge in [-0.15, -0.1) is 0 Å². The molecule has 1 aromatic rings. The Morgan fingerprint density at radius 3 is 2.71 bits per heavy atom. The van der Waals surface area contributed by atoms with Gasteiger partial charge in [0, 0.05) is 12.0 Å². The topological polar surface area (TPSA) is 84.4 Å². The Labute approximate surface area is 139 Å². The maximum absolute atomic E-state index is 13.5. The Morgan fingerprint density at radius 2 is 2.12 bits per heavy atom. The average molecular weight is 341 g/mol. The monoisotopic (exact) mass is 341 g/mol. The number of hydrogen-bond acceptors (Lipinski definition) is 5. The predicted octanol–water partition coefficient (Wildman–Crippen LogP) is 1.39. The van der Waals surface area contributed by atoms with Crippen molar-refractivity contribution in [3.8, 4) is 0 Å². The summed E-state index contributed by atoms with van der Waals surface area (Å²) in [5.41, 5.74) is -2.07. The van der Waals surface area contributed by atoms with Crippen molar-refractivity contribution in [3.05, 3.63) is 32.9 Å². The highest BCUT2D eigenvalue weighted by Crippen LogP contribution is 2.28. The van der Waals surface area contributed by atoms with Crippen LogP contribution in [0.2, 0.25) is 0 Å². The number of nitrogens with one attached hydrogen (secondary N) is 1. The van der Waals surface area contributed by atoms with E-state index in [1.807, 2.05) is 25.8 Å². The van der Waals surface area contributed by atoms with Gasteiger partial charge in [0.2, 0.25) is 5.82 Å². The Morgan fingerprint density at radius 1 is 1.46 bits per heavy atom. The van der Waals surface area contributed by atoms with Crippen LogP contribution in [0, 0.1) is 5.82 Å². The van der Waals surface area contributed by atoms with Crippen LogP contribution >= 0.6 is 0 Å². The van der Waals surface area contributed by atoms with Gasteiger partial charge in [-0.2, -0.15) is 4.39 Å². The highest BCUT2D eigenvalue weighted by atomic mass is 19.1. The van der Waals surface area contributed by atoms with Crippen molar-refractivity contribution in [2.45, 2.75) is 64.8 Å². The first-order chi connectivity index (χ1) is 11.1. The molecule has 1 aliphatic rings. The third-order valence-corrected chi connectivity index (χ3v) is 4.22. The van der Waals surface area contributed by atoms with Gasteiger partial charge in [0.05, 0.1) is 6.20 Å². The second-order valence-corrected chi connectivity index (χ2v) is 6.97. The third-order valence-electron chi connectivity index (χ3n) is 4.22. The maximum atomic E-state index is 13.5. The van der Waals surface area contributed by atoms with E-state index in [0.29, 0.717) is 6.42 Å². The van der Waals surface area contributed by atoms with Gasteiger partial charge < -0.3 is 4.74 Å². The van der Waals surface area contributed by atoms with Gasteiger partial charge >= 0.3 is 11.7 Å². The van der Waals surface area contributed by atoms with E-state index < -0.39 is 29.3 Å². The third kappa shape index (κ3) is 3.75. The van der Waals surface area contributed by atoms with Crippen molar-refractivity contribution in [3.63, 3.8) is 0 Å². The van der Waals surface area contributed by atoms with E-state index in [9.17, 15) is 18.8 Å². The number of aromatic nitrogens is 2. The summed E-state index contributed by atoms with van der Waals surface area (Å²) >= 11 is 0. The summed E-state index contributed by atoms with van der Waals surface area (Å²) < 4.78 is 19.8. The zero-order valence-electron chi connectivity index (χ0n) is 14.5. The molecule has 1 saturated heterocycles. The van der Waals surface area contributed by atoms with Crippen LogP contribution < -0.4 is 11.2 Å². The Kier molecular flexibility index (Phi) is 5.27. The fourth-order valence-corrected chi connectivity index (χ4v) is 3.04. The number of carbonyl (C=O) groups excluding carboxylic acids is 1. The summed E-state index contributed by atoms with van der Waals surface area (Å²) in [7, 11) is 0. The van der Waals surface area contributed by atoms with Gasteiger partial charge in [-0.3, -0.25) is 24.0 Å². The van der Waals surface area contributed by atoms with Gasteiger partial charge in [0.25, 0.3) is 5.56 Å². The molecule has 7 nitrogen and oxygen atoms in total. The largest absolute Gasteiger partial charge is 0.440 e. The Bertz CT molecular complexity index is 719. The standard InChI is InChI=1S/C16H24FN3O4/c1-5-12(19-9-10(17)13(21)18-15(19)23)24-14(22)11-7-6-8-20(11)16(2,3)4/h9,11-12H,5-8H2,1-4H3,(H,18,21,23). The van der Waals surface area contributed by atoms with E-state index in [0.717, 1.165) is 23.7 Å². The molecule has 2 heterocycles. The summed E-state index contributed by atoms with van der Waals surface area (Å²) in [4.78, 5) is 39.5. The van der Waals surface area contributed by atoms with Crippen molar-refractivity contribution < 1.29 is 13.9 Å². The van der Waals surface area contributed by atoms with Crippen LogP contribution in [-0.2, 0) is 9.53 Å². The van der Waals surface area contributed by atoms with E-state index >= 15 is 0 Å². The fourth-order valence-electron chi connectivity index (χ4n) is 3.04. The Balaban J connectivity index is 2.22. The van der Waals surface area contributed by atoms with Crippen molar-refractivity contribution in [2.75, 3.05) is 6.54 Å². The molecule has 134 valence electrons. The van der Waals surface area contributed by atoms with Crippen LogP contribution in [0.1, 0.15) is 53.2 Å². The molecule has 0 aromatic carbocycles. The fraction of sp³-hybridized carbons (Fsp3) is 0.688. The minimum atomic E-state index is -1.10. The van der Waals surface area contributed by atoms with Crippen LogP contribution in [0.4, 0.5) is 4.39 Å². The molecule has 0 spiro atoms. The first kappa shape index (κ1) is 18.4. The molecule has 2 rings (SSSR count). The van der Waals surface area contributed by atoms with Crippen molar-refractivity contribution in [1.82, 2.24) is 14.5 Å². The smallest absolute Gasteiger partial charge is 0.331 e. The van der Waals surface area contributed by atoms with E-state index in [1.54, 1.807) is 6.92 Å². The molecule has 0 bridgehead atoms. The normalized spacial score (nSPS) is 20.1. The van der Waals surface area contributed by atoms with Crippen LogP contribution in [0.25, 0.3) is 0 Å². The number of halogens is 1. The number of ether oxygens (including phenoxy) is 1. The number of esters is 1. The maximum Gasteiger partial charge on any atom is 0.331 e. The Hall–Kier alpha value is -1.96. The molecule has 0 aliphatic carbocycles. The van der Waals surface area contributed by atoms with Gasteiger partial charge in [-0.25, -0.2) is 4.79 Å². The lowest BCUT2D eigenvalue weighted by Crippen LogP contribution is -2.49. The zero-order valence-corrected chi connectivity index (χ0v) is 14.5. The molecule has 0 amide bonds. The molecule has 1 fully saturated rings. The summed E-state index contributed by atoms with van der Waals surface area (Å²) in [5, 5.41) is 0. The molecule has 1 aliphatic heterocycles. The molecule has 2 unspecified atom stereocenters. The van der Waals surface area contributed by atoms with Gasteiger partial charge in [-0.05, 0) is 40.2 Å². The zero-order chi connectivity index (χ0) is 18.1. The molecular weight excluding hydrogens is 317 g/mol. The quantitative estimate of drug-likeness (QED) is 0.837. The molecule has 0 radical (unpaired) electrons. The predicted molar refractivity (Wildman–Crippen MR) is 86.2 cm³/mol. The van der Waals surface area contributed by atoms with Crippen molar-refractivity contribution in [1.29, 1.82) is 0 Å². The van der Waals surface area contributed by atoms with Crippen LogP contribution in [-0.4, -0.2) is 38.5 Å². The van der Waals surface area contributed by atoms with Crippen LogP contribution in [0.3, 0.4) is 0 Å². The average Bonchev–Trinajstić information content (AvgIpc) is 2.98. The summed E-state index contributed by atoms with van der Waals surface area (Å²) in [6.07, 6.45) is 1.67. The molecule has 24 heavy (non-hydrogen) atoms. The summed E-state index contributed by atoms with van der Waals surface area (Å²) in [6.45, 7) is 8.59. The number of H-pyrrole nitrogens is 1. The van der Waals surface area contributed by atoms with Crippen LogP contribution in [0.5, 0.6) is 0 Å². The molecular formula is C16H24FN3O4. The minimum absolute atomic E-state index is 0.178. The van der Waals surface area contributed by atoms with E-state index in [2.05, 4.69) is 4.90 Å². The first-order valence-corrected chi connectivity index (χ1v) is 8.13. The molecule has 1 N–H and O–H groups in total. The van der Waals surface area contributed by atoms with E-state index in [-0.39, 0.29) is 18.0 Å². The SMILES string of the molecule is CCC(OC(=O)C1CCCN1C(C)(C)C)n1cc(F)c(=O)[nH]c1=O. The number of aromatic amines is 1. The molecule has 2 atom stereocenters. The molecule has 0 saturated carbocycles. The highest BCUT2D eigenvalue weighted by Gasteiger charge is 2.39. The lowest BCUT2D eigenvalue weighted by molar-refractivity contribution is -0.161. The molecule has 1 aromatic heterocycles. The second-order valence-electron chi connectivity index (χ2n) is 6.97. The lowest BCUT2D eigenvalue weighted by Gasteiger charge is -2.36. The first-order valence-electron chi connectivity index (χ1n) is 8.13. The molecule has 8 heteroatoms. The van der Waals surface area contributed by atoms with Crippen molar-refractivity contribution in [2.24, 2.45) is 0 Å². The second kappa shape index (κ2) is 6.88. The number of nitrogens with zero attached hydrogens (tertiary/aromatic N) is 2. The minimum Gasteiger partial charge on any atom is -0.440 e. The van der Waals surface area contributed by atoms with E-state index in [4.69, 9.17) is 4.74 Å². The summed E-state index contributed by atoms with van der Waals surface area (Å²) in [6, 6.07) is -0.387. The number of carbonyl (C=O) groups is 1. The summed E-state index contributed by atoms with van der Waals surface area (Å²) in [5.74, 6) is -1.53. The van der Waals surface area contributed by atoms with Crippen LogP contribution in [0.15, 0.2) is 15.8 Å². The highest BCUT2D eigenvalue weighted by molar-refractivity contribution is 5.76. The van der Waals surface area contributed by atoms with E-state index in [1.165, 1.54) is 0 Å².